The smallest absolute Gasteiger partial charge is 0.328 e. The zero-order chi connectivity index (χ0) is 20.7. The molecule has 1 amide bonds. The van der Waals surface area contributed by atoms with E-state index in [4.69, 9.17) is 5.11 Å². The Morgan fingerprint density at radius 2 is 1.90 bits per heavy atom. The summed E-state index contributed by atoms with van der Waals surface area (Å²) in [5, 5.41) is 10.1. The van der Waals surface area contributed by atoms with Crippen molar-refractivity contribution in [1.82, 2.24) is 9.47 Å². The van der Waals surface area contributed by atoms with Crippen LogP contribution in [0.1, 0.15) is 47.7 Å². The molecule has 0 saturated carbocycles. The first kappa shape index (κ1) is 18.7. The number of nitrogens with zero attached hydrogens (tertiary/aromatic N) is 2. The summed E-state index contributed by atoms with van der Waals surface area (Å²) in [6.07, 6.45) is 6.30. The second kappa shape index (κ2) is 7.48. The summed E-state index contributed by atoms with van der Waals surface area (Å²) in [5.74, 6) is -0.667. The molecule has 1 N–H and O–H groups in total. The molecule has 0 aliphatic carbocycles. The number of para-hydroxylation sites is 1. The van der Waals surface area contributed by atoms with E-state index in [-0.39, 0.29) is 11.9 Å². The molecule has 1 unspecified atom stereocenters. The molecule has 152 valence electrons. The number of benzene rings is 2. The Morgan fingerprint density at radius 3 is 2.70 bits per heavy atom. The Bertz CT molecular complexity index is 1160. The average molecular weight is 400 g/mol. The number of piperidine rings is 1. The van der Waals surface area contributed by atoms with Gasteiger partial charge in [0.1, 0.15) is 0 Å². The highest BCUT2D eigenvalue weighted by molar-refractivity contribution is 5.87. The first-order valence-electron chi connectivity index (χ1n) is 10.5. The number of carboxylic acid groups (broad SMARTS) is 1. The number of aromatic nitrogens is 1. The van der Waals surface area contributed by atoms with E-state index in [2.05, 4.69) is 45.9 Å². The number of amides is 1. The fourth-order valence-corrected chi connectivity index (χ4v) is 5.01. The van der Waals surface area contributed by atoms with E-state index in [1.807, 2.05) is 12.1 Å². The van der Waals surface area contributed by atoms with Gasteiger partial charge in [0.2, 0.25) is 5.91 Å². The van der Waals surface area contributed by atoms with E-state index in [0.717, 1.165) is 49.6 Å². The largest absolute Gasteiger partial charge is 0.478 e. The predicted octanol–water partition coefficient (Wildman–Crippen LogP) is 4.40. The maximum absolute atomic E-state index is 12.5. The topological polar surface area (TPSA) is 62.5 Å². The number of aliphatic carboxylic acids is 1. The molecular formula is C25H24N2O3. The standard InChI is InChI=1S/C25H24N2O3/c28-23-7-3-6-22-25-20(14-15-26(22)23)19-4-1-2-5-21(19)27(25)16-18-10-8-17(9-11-18)12-13-24(29)30/h1-2,4-5,8-13,22H,3,6-7,14-16H2,(H,29,30). The molecule has 5 heteroatoms. The van der Waals surface area contributed by atoms with Crippen molar-refractivity contribution in [1.29, 1.82) is 0 Å². The van der Waals surface area contributed by atoms with E-state index < -0.39 is 5.97 Å². The molecule has 1 saturated heterocycles. The molecule has 0 radical (unpaired) electrons. The normalized spacial score (nSPS) is 18.6. The first-order valence-corrected chi connectivity index (χ1v) is 10.5. The molecule has 0 bridgehead atoms. The van der Waals surface area contributed by atoms with Gasteiger partial charge in [-0.15, -0.1) is 0 Å². The number of carbonyl (C=O) groups is 2. The highest BCUT2D eigenvalue weighted by Crippen LogP contribution is 2.42. The van der Waals surface area contributed by atoms with Gasteiger partial charge in [0.15, 0.2) is 0 Å². The van der Waals surface area contributed by atoms with E-state index in [1.165, 1.54) is 22.2 Å². The maximum atomic E-state index is 12.5. The average Bonchev–Trinajstić information content (AvgIpc) is 3.08. The Labute approximate surface area is 175 Å². The van der Waals surface area contributed by atoms with Gasteiger partial charge in [-0.1, -0.05) is 42.5 Å². The third-order valence-electron chi connectivity index (χ3n) is 6.34. The zero-order valence-electron chi connectivity index (χ0n) is 16.8. The lowest BCUT2D eigenvalue weighted by atomic mass is 9.90. The molecule has 1 fully saturated rings. The summed E-state index contributed by atoms with van der Waals surface area (Å²) in [7, 11) is 0. The van der Waals surface area contributed by atoms with E-state index in [0.29, 0.717) is 6.42 Å². The number of hydrogen-bond acceptors (Lipinski definition) is 2. The third kappa shape index (κ3) is 3.20. The number of hydrogen-bond donors (Lipinski definition) is 1. The molecule has 3 aromatic rings. The monoisotopic (exact) mass is 400 g/mol. The lowest BCUT2D eigenvalue weighted by Crippen LogP contribution is -2.43. The highest BCUT2D eigenvalue weighted by atomic mass is 16.4. The summed E-state index contributed by atoms with van der Waals surface area (Å²) in [5.41, 5.74) is 5.93. The van der Waals surface area contributed by atoms with Crippen LogP contribution in [0.3, 0.4) is 0 Å². The fraction of sp³-hybridized carbons (Fsp3) is 0.280. The minimum absolute atomic E-state index is 0.167. The Balaban J connectivity index is 1.56. The molecule has 30 heavy (non-hydrogen) atoms. The second-order valence-electron chi connectivity index (χ2n) is 8.13. The quantitative estimate of drug-likeness (QED) is 0.661. The molecule has 5 nitrogen and oxygen atoms in total. The van der Waals surface area contributed by atoms with E-state index in [9.17, 15) is 9.59 Å². The SMILES string of the molecule is O=C(O)C=Cc1ccc(Cn2c3c(c4ccccc42)CCN2C(=O)CCCC32)cc1. The van der Waals surface area contributed by atoms with Gasteiger partial charge in [0.25, 0.3) is 0 Å². The number of carboxylic acids is 1. The van der Waals surface area contributed by atoms with Crippen LogP contribution in [0.2, 0.25) is 0 Å². The minimum atomic E-state index is -0.948. The van der Waals surface area contributed by atoms with E-state index in [1.54, 1.807) is 6.08 Å². The number of rotatable bonds is 4. The van der Waals surface area contributed by atoms with Gasteiger partial charge < -0.3 is 14.6 Å². The van der Waals surface area contributed by atoms with Crippen LogP contribution in [0.25, 0.3) is 17.0 Å². The van der Waals surface area contributed by atoms with Crippen LogP contribution in [-0.4, -0.2) is 33.0 Å². The molecular weight excluding hydrogens is 376 g/mol. The lowest BCUT2D eigenvalue weighted by Gasteiger charge is -2.40. The van der Waals surface area contributed by atoms with Crippen LogP contribution in [0, 0.1) is 0 Å². The summed E-state index contributed by atoms with van der Waals surface area (Å²) in [6, 6.07) is 16.7. The summed E-state index contributed by atoms with van der Waals surface area (Å²) >= 11 is 0. The van der Waals surface area contributed by atoms with Crippen LogP contribution < -0.4 is 0 Å². The molecule has 2 aliphatic heterocycles. The van der Waals surface area contributed by atoms with Crippen molar-refractivity contribution in [2.75, 3.05) is 6.54 Å². The number of carbonyl (C=O) groups excluding carboxylic acids is 1. The van der Waals surface area contributed by atoms with Crippen LogP contribution >= 0.6 is 0 Å². The molecule has 5 rings (SSSR count). The van der Waals surface area contributed by atoms with Crippen molar-refractivity contribution in [3.05, 3.63) is 77.0 Å². The van der Waals surface area contributed by atoms with Gasteiger partial charge in [0, 0.05) is 42.2 Å². The first-order chi connectivity index (χ1) is 14.6. The van der Waals surface area contributed by atoms with Crippen LogP contribution in [-0.2, 0) is 22.6 Å². The van der Waals surface area contributed by atoms with Crippen LogP contribution in [0.15, 0.2) is 54.6 Å². The Hall–Kier alpha value is -3.34. The third-order valence-corrected chi connectivity index (χ3v) is 6.34. The lowest BCUT2D eigenvalue weighted by molar-refractivity contribution is -0.137. The van der Waals surface area contributed by atoms with Crippen molar-refractivity contribution in [2.45, 2.75) is 38.3 Å². The molecule has 0 spiro atoms. The molecule has 2 aromatic carbocycles. The summed E-state index contributed by atoms with van der Waals surface area (Å²) in [4.78, 5) is 25.4. The molecule has 2 aliphatic rings. The van der Waals surface area contributed by atoms with Gasteiger partial charge in [-0.3, -0.25) is 4.79 Å². The molecule has 3 heterocycles. The highest BCUT2D eigenvalue weighted by Gasteiger charge is 2.37. The fourth-order valence-electron chi connectivity index (χ4n) is 5.01. The zero-order valence-corrected chi connectivity index (χ0v) is 16.8. The summed E-state index contributed by atoms with van der Waals surface area (Å²) < 4.78 is 2.39. The minimum Gasteiger partial charge on any atom is -0.478 e. The van der Waals surface area contributed by atoms with Crippen molar-refractivity contribution in [2.24, 2.45) is 0 Å². The second-order valence-corrected chi connectivity index (χ2v) is 8.13. The molecule has 1 atom stereocenters. The van der Waals surface area contributed by atoms with Gasteiger partial charge in [0.05, 0.1) is 6.04 Å². The van der Waals surface area contributed by atoms with Gasteiger partial charge in [-0.05, 0) is 48.1 Å². The van der Waals surface area contributed by atoms with Crippen molar-refractivity contribution in [3.8, 4) is 0 Å². The van der Waals surface area contributed by atoms with Gasteiger partial charge in [-0.25, -0.2) is 4.79 Å². The van der Waals surface area contributed by atoms with Crippen molar-refractivity contribution in [3.63, 3.8) is 0 Å². The maximum Gasteiger partial charge on any atom is 0.328 e. The summed E-state index contributed by atoms with van der Waals surface area (Å²) in [6.45, 7) is 1.55. The van der Waals surface area contributed by atoms with Crippen molar-refractivity contribution >= 4 is 28.9 Å². The Morgan fingerprint density at radius 1 is 1.10 bits per heavy atom. The van der Waals surface area contributed by atoms with Gasteiger partial charge in [-0.2, -0.15) is 0 Å². The Kier molecular flexibility index (Phi) is 4.66. The molecule has 1 aromatic heterocycles. The van der Waals surface area contributed by atoms with E-state index >= 15 is 0 Å². The van der Waals surface area contributed by atoms with Crippen LogP contribution in [0.4, 0.5) is 0 Å². The van der Waals surface area contributed by atoms with Crippen molar-refractivity contribution < 1.29 is 14.7 Å². The van der Waals surface area contributed by atoms with Crippen LogP contribution in [0.5, 0.6) is 0 Å². The van der Waals surface area contributed by atoms with Gasteiger partial charge >= 0.3 is 5.97 Å². The number of fused-ring (bicyclic) bond motifs is 5. The predicted molar refractivity (Wildman–Crippen MR) is 116 cm³/mol.